The summed E-state index contributed by atoms with van der Waals surface area (Å²) in [5, 5.41) is 2.91. The predicted octanol–water partition coefficient (Wildman–Crippen LogP) is 6.24. The molecule has 4 aromatic rings. The van der Waals surface area contributed by atoms with Crippen LogP contribution in [0.15, 0.2) is 79.0 Å². The summed E-state index contributed by atoms with van der Waals surface area (Å²) >= 11 is 0. The van der Waals surface area contributed by atoms with E-state index in [1.165, 1.54) is 6.07 Å². The number of carbonyl (C=O) groups is 1. The minimum absolute atomic E-state index is 0.261. The molecule has 0 aliphatic heterocycles. The third-order valence-corrected chi connectivity index (χ3v) is 5.26. The maximum absolute atomic E-state index is 13.9. The zero-order valence-corrected chi connectivity index (χ0v) is 17.8. The number of hydrogen-bond acceptors (Lipinski definition) is 2. The molecule has 1 amide bonds. The molecule has 0 radical (unpaired) electrons. The van der Waals surface area contributed by atoms with Crippen LogP contribution in [0.25, 0.3) is 22.3 Å². The van der Waals surface area contributed by atoms with E-state index < -0.39 is 11.6 Å². The molecule has 1 N–H and O–H groups in total. The number of halogens is 2. The van der Waals surface area contributed by atoms with Crippen LogP contribution in [0, 0.1) is 25.5 Å². The van der Waals surface area contributed by atoms with Gasteiger partial charge in [-0.3, -0.25) is 9.78 Å². The fourth-order valence-electron chi connectivity index (χ4n) is 3.40. The van der Waals surface area contributed by atoms with Crippen molar-refractivity contribution in [3.8, 4) is 22.3 Å². The molecule has 0 aliphatic carbocycles. The van der Waals surface area contributed by atoms with Crippen molar-refractivity contribution in [2.24, 2.45) is 0 Å². The molecule has 32 heavy (non-hydrogen) atoms. The van der Waals surface area contributed by atoms with Crippen LogP contribution in [0.3, 0.4) is 0 Å². The number of nitrogens with one attached hydrogen (secondary N) is 1. The summed E-state index contributed by atoms with van der Waals surface area (Å²) in [7, 11) is 0. The van der Waals surface area contributed by atoms with Crippen LogP contribution in [-0.4, -0.2) is 10.9 Å². The second-order valence-electron chi connectivity index (χ2n) is 7.78. The molecular weight excluding hydrogens is 406 g/mol. The number of aromatic nitrogens is 1. The summed E-state index contributed by atoms with van der Waals surface area (Å²) in [6.07, 6.45) is 1.73. The van der Waals surface area contributed by atoms with Gasteiger partial charge < -0.3 is 5.32 Å². The molecule has 160 valence electrons. The van der Waals surface area contributed by atoms with Gasteiger partial charge in [-0.15, -0.1) is 0 Å². The van der Waals surface area contributed by atoms with Gasteiger partial charge >= 0.3 is 0 Å². The highest BCUT2D eigenvalue weighted by Crippen LogP contribution is 2.29. The lowest BCUT2D eigenvalue weighted by Crippen LogP contribution is -2.23. The largest absolute Gasteiger partial charge is 0.348 e. The van der Waals surface area contributed by atoms with Crippen molar-refractivity contribution in [3.05, 3.63) is 113 Å². The number of benzene rings is 3. The first-order valence-corrected chi connectivity index (χ1v) is 10.3. The van der Waals surface area contributed by atoms with Gasteiger partial charge in [-0.25, -0.2) is 8.78 Å². The molecule has 0 atom stereocenters. The maximum Gasteiger partial charge on any atom is 0.251 e. The topological polar surface area (TPSA) is 42.0 Å². The summed E-state index contributed by atoms with van der Waals surface area (Å²) in [5.74, 6) is -2.10. The second kappa shape index (κ2) is 9.10. The lowest BCUT2D eigenvalue weighted by Gasteiger charge is -2.12. The number of pyridine rings is 1. The molecule has 3 nitrogen and oxygen atoms in total. The molecule has 5 heteroatoms. The third kappa shape index (κ3) is 4.89. The number of carbonyl (C=O) groups excluding carboxylic acids is 1. The molecule has 3 aromatic carbocycles. The zero-order valence-electron chi connectivity index (χ0n) is 17.8. The lowest BCUT2D eigenvalue weighted by molar-refractivity contribution is 0.0951. The Hall–Kier alpha value is -3.86. The highest BCUT2D eigenvalue weighted by Gasteiger charge is 2.13. The quantitative estimate of drug-likeness (QED) is 0.409. The standard InChI is InChI=1S/C27H22F2N2O/c1-17-3-7-20(8-4-17)22-11-23(21-9-10-25(28)26(29)14-21)13-24(12-22)27(32)31-16-19-6-5-18(2)30-15-19/h3-15H,16H2,1-2H3,(H,31,32). The Balaban J connectivity index is 1.70. The van der Waals surface area contributed by atoms with Crippen LogP contribution in [-0.2, 0) is 6.54 Å². The first-order chi connectivity index (χ1) is 15.4. The fraction of sp³-hybridized carbons (Fsp3) is 0.111. The van der Waals surface area contributed by atoms with Gasteiger partial charge in [-0.2, -0.15) is 0 Å². The van der Waals surface area contributed by atoms with E-state index in [1.807, 2.05) is 56.3 Å². The van der Waals surface area contributed by atoms with Crippen LogP contribution in [0.4, 0.5) is 8.78 Å². The maximum atomic E-state index is 13.9. The number of rotatable bonds is 5. The Morgan fingerprint density at radius 1 is 0.781 bits per heavy atom. The fourth-order valence-corrected chi connectivity index (χ4v) is 3.40. The molecule has 0 unspecified atom stereocenters. The Morgan fingerprint density at radius 2 is 1.47 bits per heavy atom. The second-order valence-corrected chi connectivity index (χ2v) is 7.78. The first-order valence-electron chi connectivity index (χ1n) is 10.3. The molecule has 0 spiro atoms. The van der Waals surface area contributed by atoms with Crippen molar-refractivity contribution >= 4 is 5.91 Å². The van der Waals surface area contributed by atoms with Gasteiger partial charge in [0.2, 0.25) is 0 Å². The molecule has 0 saturated carbocycles. The number of aryl methyl sites for hydroxylation is 2. The van der Waals surface area contributed by atoms with Crippen molar-refractivity contribution in [1.29, 1.82) is 0 Å². The zero-order chi connectivity index (χ0) is 22.7. The van der Waals surface area contributed by atoms with Gasteiger partial charge in [0.25, 0.3) is 5.91 Å². The number of hydrogen-bond donors (Lipinski definition) is 1. The third-order valence-electron chi connectivity index (χ3n) is 5.26. The summed E-state index contributed by atoms with van der Waals surface area (Å²) < 4.78 is 27.3. The van der Waals surface area contributed by atoms with Crippen LogP contribution in [0.5, 0.6) is 0 Å². The summed E-state index contributed by atoms with van der Waals surface area (Å²) in [6.45, 7) is 4.24. The molecular formula is C27H22F2N2O. The monoisotopic (exact) mass is 428 g/mol. The minimum Gasteiger partial charge on any atom is -0.348 e. The van der Waals surface area contributed by atoms with Gasteiger partial charge in [0, 0.05) is 24.0 Å². The molecule has 0 saturated heterocycles. The van der Waals surface area contributed by atoms with Crippen molar-refractivity contribution in [3.63, 3.8) is 0 Å². The van der Waals surface area contributed by atoms with E-state index in [1.54, 1.807) is 18.3 Å². The number of amides is 1. The van der Waals surface area contributed by atoms with E-state index in [4.69, 9.17) is 0 Å². The normalized spacial score (nSPS) is 10.8. The Morgan fingerprint density at radius 3 is 2.12 bits per heavy atom. The van der Waals surface area contributed by atoms with Gasteiger partial charge in [0.1, 0.15) is 0 Å². The molecule has 0 fully saturated rings. The number of nitrogens with zero attached hydrogens (tertiary/aromatic N) is 1. The minimum atomic E-state index is -0.930. The lowest BCUT2D eigenvalue weighted by atomic mass is 9.95. The van der Waals surface area contributed by atoms with Gasteiger partial charge in [0.05, 0.1) is 0 Å². The van der Waals surface area contributed by atoms with Crippen molar-refractivity contribution in [2.75, 3.05) is 0 Å². The van der Waals surface area contributed by atoms with Gasteiger partial charge in [-0.1, -0.05) is 42.0 Å². The highest BCUT2D eigenvalue weighted by molar-refractivity contribution is 5.97. The van der Waals surface area contributed by atoms with Crippen molar-refractivity contribution < 1.29 is 13.6 Å². The van der Waals surface area contributed by atoms with Crippen molar-refractivity contribution in [2.45, 2.75) is 20.4 Å². The van der Waals surface area contributed by atoms with E-state index in [9.17, 15) is 13.6 Å². The predicted molar refractivity (Wildman–Crippen MR) is 122 cm³/mol. The highest BCUT2D eigenvalue weighted by atomic mass is 19.2. The van der Waals surface area contributed by atoms with Gasteiger partial charge in [0.15, 0.2) is 11.6 Å². The van der Waals surface area contributed by atoms with Crippen LogP contribution in [0.1, 0.15) is 27.2 Å². The molecule has 0 bridgehead atoms. The van der Waals surface area contributed by atoms with E-state index in [0.29, 0.717) is 23.2 Å². The van der Waals surface area contributed by atoms with E-state index >= 15 is 0 Å². The average Bonchev–Trinajstić information content (AvgIpc) is 2.80. The Labute approximate surface area is 185 Å². The summed E-state index contributed by atoms with van der Waals surface area (Å²) in [6, 6.07) is 20.8. The van der Waals surface area contributed by atoms with E-state index in [2.05, 4.69) is 10.3 Å². The SMILES string of the molecule is Cc1ccc(-c2cc(C(=O)NCc3ccc(C)nc3)cc(-c3ccc(F)c(F)c3)c2)cc1. The van der Waals surface area contributed by atoms with Crippen LogP contribution >= 0.6 is 0 Å². The molecule has 4 rings (SSSR count). The van der Waals surface area contributed by atoms with Gasteiger partial charge in [-0.05, 0) is 78.1 Å². The van der Waals surface area contributed by atoms with Crippen LogP contribution in [0.2, 0.25) is 0 Å². The smallest absolute Gasteiger partial charge is 0.251 e. The average molecular weight is 428 g/mol. The summed E-state index contributed by atoms with van der Waals surface area (Å²) in [5.41, 5.74) is 6.21. The first kappa shape index (κ1) is 21.4. The molecule has 0 aliphatic rings. The van der Waals surface area contributed by atoms with Crippen molar-refractivity contribution in [1.82, 2.24) is 10.3 Å². The molecule has 1 heterocycles. The van der Waals surface area contributed by atoms with E-state index in [0.717, 1.165) is 40.1 Å². The van der Waals surface area contributed by atoms with Crippen LogP contribution < -0.4 is 5.32 Å². The Kier molecular flexibility index (Phi) is 6.08. The summed E-state index contributed by atoms with van der Waals surface area (Å²) in [4.78, 5) is 17.2. The Bertz CT molecular complexity index is 1270. The molecule has 1 aromatic heterocycles. The van der Waals surface area contributed by atoms with E-state index in [-0.39, 0.29) is 5.91 Å².